The first kappa shape index (κ1) is 25.6. The standard InChI is InChI=1S/C25H24O13/c1-33-14-3-9(4-15(34-2)19(14)29)23-24(38-25-22(32)21(31)20(30)16(8-26)37-25)11-7-17(28)35-12-5-10(27)6-13(36-23)18(11)12/h3-7,16,20-22,25-26,28-32H,8H2,1-2H3. The van der Waals surface area contributed by atoms with Gasteiger partial charge >= 0.3 is 0 Å². The summed E-state index contributed by atoms with van der Waals surface area (Å²) in [6, 6.07) is 6.29. The van der Waals surface area contributed by atoms with E-state index in [0.717, 1.165) is 6.07 Å². The molecule has 5 atom stereocenters. The van der Waals surface area contributed by atoms with E-state index < -0.39 is 48.7 Å². The number of aliphatic hydroxyl groups excluding tert-OH is 4. The number of hydrogen-bond donors (Lipinski definition) is 6. The Hall–Kier alpha value is -4.01. The average molecular weight is 532 g/mol. The van der Waals surface area contributed by atoms with E-state index in [9.17, 15) is 35.4 Å². The van der Waals surface area contributed by atoms with Crippen LogP contribution in [0.5, 0.6) is 28.9 Å². The van der Waals surface area contributed by atoms with E-state index in [0.29, 0.717) is 0 Å². The number of phenolic OH excluding ortho intramolecular Hbond substituents is 1. The van der Waals surface area contributed by atoms with Crippen molar-refractivity contribution in [2.45, 2.75) is 30.7 Å². The molecule has 4 aromatic rings. The van der Waals surface area contributed by atoms with Gasteiger partial charge in [-0.3, -0.25) is 4.79 Å². The lowest BCUT2D eigenvalue weighted by molar-refractivity contribution is -0.277. The van der Waals surface area contributed by atoms with Crippen LogP contribution in [0.25, 0.3) is 33.3 Å². The number of hydrogen-bond acceptors (Lipinski definition) is 13. The van der Waals surface area contributed by atoms with Crippen molar-refractivity contribution in [3.8, 4) is 40.3 Å². The Balaban J connectivity index is 1.80. The number of rotatable bonds is 6. The fourth-order valence-corrected chi connectivity index (χ4v) is 4.40. The summed E-state index contributed by atoms with van der Waals surface area (Å²) < 4.78 is 33.3. The molecule has 3 heterocycles. The predicted octanol–water partition coefficient (Wildman–Crippen LogP) is 0.813. The number of ether oxygens (including phenoxy) is 4. The zero-order valence-electron chi connectivity index (χ0n) is 20.0. The fraction of sp³-hybridized carbons (Fsp3) is 0.320. The molecule has 0 saturated carbocycles. The second-order valence-corrected chi connectivity index (χ2v) is 8.60. The topological polar surface area (TPSA) is 202 Å². The molecule has 2 aromatic carbocycles. The zero-order chi connectivity index (χ0) is 27.3. The van der Waals surface area contributed by atoms with Gasteiger partial charge in [-0.2, -0.15) is 0 Å². The van der Waals surface area contributed by atoms with Crippen LogP contribution >= 0.6 is 0 Å². The second-order valence-electron chi connectivity index (χ2n) is 8.60. The highest BCUT2D eigenvalue weighted by atomic mass is 16.7. The first-order chi connectivity index (χ1) is 18.2. The summed E-state index contributed by atoms with van der Waals surface area (Å²) in [6.07, 6.45) is -8.03. The Bertz CT molecular complexity index is 1530. The normalized spacial score (nSPS) is 23.6. The Labute approximate surface area is 213 Å². The Kier molecular flexibility index (Phi) is 6.54. The average Bonchev–Trinajstić information content (AvgIpc) is 2.89. The summed E-state index contributed by atoms with van der Waals surface area (Å²) in [5.41, 5.74) is -0.247. The summed E-state index contributed by atoms with van der Waals surface area (Å²) in [6.45, 7) is -0.691. The first-order valence-corrected chi connectivity index (χ1v) is 11.3. The molecule has 5 unspecified atom stereocenters. The highest BCUT2D eigenvalue weighted by molar-refractivity contribution is 6.09. The van der Waals surface area contributed by atoms with Crippen LogP contribution in [-0.4, -0.2) is 82.2 Å². The van der Waals surface area contributed by atoms with E-state index in [-0.39, 0.29) is 56.3 Å². The molecule has 1 fully saturated rings. The maximum atomic E-state index is 12.3. The molecule has 5 rings (SSSR count). The number of aliphatic hydroxyl groups is 4. The molecular formula is C25H24O13. The number of methoxy groups -OCH3 is 2. The minimum Gasteiger partial charge on any atom is -0.502 e. The molecule has 1 aliphatic rings. The maximum absolute atomic E-state index is 12.3. The van der Waals surface area contributed by atoms with Crippen LogP contribution < -0.4 is 19.6 Å². The van der Waals surface area contributed by atoms with Gasteiger partial charge in [-0.15, -0.1) is 0 Å². The SMILES string of the molecule is COc1cc(-c2oc3cc(=O)cc4oc(O)cc(c2OC2OC(CO)C(O)C(O)C2O)c43)cc(OC)c1O. The van der Waals surface area contributed by atoms with E-state index in [2.05, 4.69) is 0 Å². The van der Waals surface area contributed by atoms with Gasteiger partial charge in [-0.05, 0) is 12.1 Å². The first-order valence-electron chi connectivity index (χ1n) is 11.3. The summed E-state index contributed by atoms with van der Waals surface area (Å²) in [5, 5.41) is 61.7. The molecule has 1 saturated heterocycles. The zero-order valence-corrected chi connectivity index (χ0v) is 20.0. The quantitative estimate of drug-likeness (QED) is 0.204. The molecular weight excluding hydrogens is 508 g/mol. The van der Waals surface area contributed by atoms with Gasteiger partial charge in [0.1, 0.15) is 35.6 Å². The molecule has 38 heavy (non-hydrogen) atoms. The molecule has 0 radical (unpaired) electrons. The molecule has 202 valence electrons. The minimum absolute atomic E-state index is 0.00192. The molecule has 13 heteroatoms. The van der Waals surface area contributed by atoms with Gasteiger partial charge in [0.15, 0.2) is 28.4 Å². The third-order valence-electron chi connectivity index (χ3n) is 6.28. The van der Waals surface area contributed by atoms with Crippen molar-refractivity contribution in [1.29, 1.82) is 0 Å². The van der Waals surface area contributed by atoms with Crippen LogP contribution in [0.1, 0.15) is 0 Å². The Morgan fingerprint density at radius 2 is 1.50 bits per heavy atom. The summed E-state index contributed by atoms with van der Waals surface area (Å²) in [7, 11) is 2.64. The van der Waals surface area contributed by atoms with Crippen LogP contribution in [0.2, 0.25) is 0 Å². The molecule has 2 aromatic heterocycles. The lowest BCUT2D eigenvalue weighted by Gasteiger charge is -2.39. The van der Waals surface area contributed by atoms with Gasteiger partial charge in [0, 0.05) is 29.1 Å². The van der Waals surface area contributed by atoms with E-state index in [1.54, 1.807) is 0 Å². The predicted molar refractivity (Wildman–Crippen MR) is 129 cm³/mol. The summed E-state index contributed by atoms with van der Waals surface area (Å²) >= 11 is 0. The van der Waals surface area contributed by atoms with Gasteiger partial charge in [0.25, 0.3) is 5.95 Å². The molecule has 0 aliphatic carbocycles. The van der Waals surface area contributed by atoms with Gasteiger partial charge in [0.05, 0.1) is 26.2 Å². The smallest absolute Gasteiger partial charge is 0.282 e. The van der Waals surface area contributed by atoms with Crippen molar-refractivity contribution in [3.05, 3.63) is 40.6 Å². The fourth-order valence-electron chi connectivity index (χ4n) is 4.40. The monoisotopic (exact) mass is 532 g/mol. The molecule has 0 spiro atoms. The van der Waals surface area contributed by atoms with E-state index in [4.69, 9.17) is 27.8 Å². The summed E-state index contributed by atoms with van der Waals surface area (Å²) in [5.74, 6) is -1.10. The highest BCUT2D eigenvalue weighted by Crippen LogP contribution is 2.47. The maximum Gasteiger partial charge on any atom is 0.282 e. The van der Waals surface area contributed by atoms with E-state index in [1.165, 1.54) is 38.5 Å². The largest absolute Gasteiger partial charge is 0.502 e. The van der Waals surface area contributed by atoms with Crippen LogP contribution in [0.3, 0.4) is 0 Å². The molecule has 13 nitrogen and oxygen atoms in total. The number of phenols is 1. The van der Waals surface area contributed by atoms with Crippen LogP contribution in [-0.2, 0) is 4.74 Å². The Morgan fingerprint density at radius 3 is 2.11 bits per heavy atom. The minimum atomic E-state index is -1.77. The number of benzene rings is 2. The molecule has 1 aliphatic heterocycles. The lowest BCUT2D eigenvalue weighted by Crippen LogP contribution is -2.60. The Morgan fingerprint density at radius 1 is 0.868 bits per heavy atom. The van der Waals surface area contributed by atoms with Gasteiger partial charge in [-0.1, -0.05) is 0 Å². The van der Waals surface area contributed by atoms with Crippen LogP contribution in [0.15, 0.2) is 44.0 Å². The third kappa shape index (κ3) is 4.15. The summed E-state index contributed by atoms with van der Waals surface area (Å²) in [4.78, 5) is 12.3. The highest BCUT2D eigenvalue weighted by Gasteiger charge is 2.45. The van der Waals surface area contributed by atoms with Crippen molar-refractivity contribution in [2.75, 3.05) is 20.8 Å². The van der Waals surface area contributed by atoms with Gasteiger partial charge in [0.2, 0.25) is 12.0 Å². The van der Waals surface area contributed by atoms with Crippen molar-refractivity contribution in [3.63, 3.8) is 0 Å². The van der Waals surface area contributed by atoms with Crippen molar-refractivity contribution in [2.24, 2.45) is 0 Å². The van der Waals surface area contributed by atoms with E-state index in [1.807, 2.05) is 0 Å². The van der Waals surface area contributed by atoms with Crippen LogP contribution in [0.4, 0.5) is 0 Å². The molecule has 0 amide bonds. The van der Waals surface area contributed by atoms with Crippen molar-refractivity contribution < 1.29 is 58.4 Å². The van der Waals surface area contributed by atoms with Crippen LogP contribution in [0, 0.1) is 0 Å². The van der Waals surface area contributed by atoms with Gasteiger partial charge in [-0.25, -0.2) is 0 Å². The number of aromatic hydroxyl groups is 2. The lowest BCUT2D eigenvalue weighted by atomic mass is 9.99. The van der Waals surface area contributed by atoms with Crippen molar-refractivity contribution >= 4 is 21.9 Å². The van der Waals surface area contributed by atoms with E-state index >= 15 is 0 Å². The molecule has 6 N–H and O–H groups in total. The van der Waals surface area contributed by atoms with Crippen molar-refractivity contribution in [1.82, 2.24) is 0 Å². The third-order valence-corrected chi connectivity index (χ3v) is 6.28. The van der Waals surface area contributed by atoms with Gasteiger partial charge < -0.3 is 58.4 Å². The molecule has 0 bridgehead atoms. The second kappa shape index (κ2) is 9.70.